The molecule has 2 aromatic carbocycles. The van der Waals surface area contributed by atoms with Crippen LogP contribution in [0.3, 0.4) is 0 Å². The summed E-state index contributed by atoms with van der Waals surface area (Å²) in [6.07, 6.45) is 1.80. The molecule has 0 atom stereocenters. The van der Waals surface area contributed by atoms with E-state index in [1.165, 1.54) is 4.90 Å². The Balaban J connectivity index is 1.49. The van der Waals surface area contributed by atoms with E-state index in [1.54, 1.807) is 36.1 Å². The molecular weight excluding hydrogens is 352 g/mol. The van der Waals surface area contributed by atoms with Crippen molar-refractivity contribution in [3.05, 3.63) is 71.9 Å². The number of rotatable bonds is 6. The van der Waals surface area contributed by atoms with Crippen molar-refractivity contribution in [3.8, 4) is 11.4 Å². The van der Waals surface area contributed by atoms with Gasteiger partial charge in [-0.3, -0.25) is 5.32 Å². The molecule has 3 aromatic rings. The standard InChI is InChI=1S/C19H19ClN4O2/c1-23(12-13-26-17-9-5-6-15(20)14-17)19(25)21-18-10-11-24(22-18)16-7-3-2-4-8-16/h2-11,14H,12-13H2,1H3,(H,21,22,25). The first-order valence-corrected chi connectivity index (χ1v) is 8.51. The minimum atomic E-state index is -0.252. The van der Waals surface area contributed by atoms with Gasteiger partial charge in [-0.05, 0) is 30.3 Å². The maximum absolute atomic E-state index is 12.2. The molecule has 0 unspecified atom stereocenters. The highest BCUT2D eigenvalue weighted by molar-refractivity contribution is 6.30. The molecule has 0 aliphatic heterocycles. The summed E-state index contributed by atoms with van der Waals surface area (Å²) >= 11 is 5.91. The third-order valence-corrected chi connectivity index (χ3v) is 3.92. The molecule has 0 aliphatic carbocycles. The van der Waals surface area contributed by atoms with Crippen LogP contribution in [-0.2, 0) is 0 Å². The molecule has 6 nitrogen and oxygen atoms in total. The number of carbonyl (C=O) groups is 1. The van der Waals surface area contributed by atoms with Crippen molar-refractivity contribution in [1.29, 1.82) is 0 Å². The van der Waals surface area contributed by atoms with Crippen LogP contribution in [0.5, 0.6) is 5.75 Å². The van der Waals surface area contributed by atoms with E-state index in [9.17, 15) is 4.79 Å². The van der Waals surface area contributed by atoms with Crippen molar-refractivity contribution >= 4 is 23.4 Å². The Hall–Kier alpha value is -2.99. The number of nitrogens with one attached hydrogen (secondary N) is 1. The molecule has 1 heterocycles. The molecule has 1 N–H and O–H groups in total. The molecule has 2 amide bonds. The van der Waals surface area contributed by atoms with Gasteiger partial charge < -0.3 is 9.64 Å². The fourth-order valence-electron chi connectivity index (χ4n) is 2.28. The van der Waals surface area contributed by atoms with E-state index in [-0.39, 0.29) is 6.03 Å². The van der Waals surface area contributed by atoms with Crippen LogP contribution < -0.4 is 10.1 Å². The second kappa shape index (κ2) is 8.40. The van der Waals surface area contributed by atoms with Gasteiger partial charge in [-0.25, -0.2) is 9.48 Å². The number of benzene rings is 2. The Bertz CT molecular complexity index is 867. The Morgan fingerprint density at radius 2 is 2.00 bits per heavy atom. The number of hydrogen-bond acceptors (Lipinski definition) is 3. The summed E-state index contributed by atoms with van der Waals surface area (Å²) in [5.74, 6) is 1.16. The topological polar surface area (TPSA) is 59.4 Å². The van der Waals surface area contributed by atoms with Crippen LogP contribution in [0.1, 0.15) is 0 Å². The minimum Gasteiger partial charge on any atom is -0.492 e. The highest BCUT2D eigenvalue weighted by Gasteiger charge is 2.11. The molecule has 0 bridgehead atoms. The fraction of sp³-hybridized carbons (Fsp3) is 0.158. The third-order valence-electron chi connectivity index (χ3n) is 3.68. The van der Waals surface area contributed by atoms with Gasteiger partial charge in [0.05, 0.1) is 12.2 Å². The number of likely N-dealkylation sites (N-methyl/N-ethyl adjacent to an activating group) is 1. The number of urea groups is 1. The van der Waals surface area contributed by atoms with E-state index in [1.807, 2.05) is 42.5 Å². The summed E-state index contributed by atoms with van der Waals surface area (Å²) in [7, 11) is 1.70. The molecule has 0 radical (unpaired) electrons. The van der Waals surface area contributed by atoms with Gasteiger partial charge in [-0.15, -0.1) is 5.10 Å². The molecule has 1 aromatic heterocycles. The smallest absolute Gasteiger partial charge is 0.322 e. The monoisotopic (exact) mass is 370 g/mol. The number of ether oxygens (including phenoxy) is 1. The molecule has 0 aliphatic rings. The van der Waals surface area contributed by atoms with Crippen LogP contribution in [0, 0.1) is 0 Å². The molecule has 0 saturated carbocycles. The van der Waals surface area contributed by atoms with E-state index in [0.717, 1.165) is 5.69 Å². The predicted molar refractivity (Wildman–Crippen MR) is 102 cm³/mol. The zero-order valence-corrected chi connectivity index (χ0v) is 15.1. The maximum Gasteiger partial charge on any atom is 0.322 e. The Morgan fingerprint density at radius 1 is 1.19 bits per heavy atom. The third kappa shape index (κ3) is 4.77. The van der Waals surface area contributed by atoms with Crippen LogP contribution in [0.25, 0.3) is 5.69 Å². The second-order valence-electron chi connectivity index (χ2n) is 5.64. The van der Waals surface area contributed by atoms with Crippen molar-refractivity contribution in [3.63, 3.8) is 0 Å². The lowest BCUT2D eigenvalue weighted by Crippen LogP contribution is -2.34. The average molecular weight is 371 g/mol. The van der Waals surface area contributed by atoms with Crippen LogP contribution in [-0.4, -0.2) is 40.9 Å². The first kappa shape index (κ1) is 17.8. The number of halogens is 1. The highest BCUT2D eigenvalue weighted by Crippen LogP contribution is 2.17. The molecule has 0 spiro atoms. The number of anilines is 1. The van der Waals surface area contributed by atoms with Gasteiger partial charge in [0.25, 0.3) is 0 Å². The van der Waals surface area contributed by atoms with E-state index in [4.69, 9.17) is 16.3 Å². The lowest BCUT2D eigenvalue weighted by Gasteiger charge is -2.17. The second-order valence-corrected chi connectivity index (χ2v) is 6.08. The molecule has 26 heavy (non-hydrogen) atoms. The van der Waals surface area contributed by atoms with Gasteiger partial charge in [0.15, 0.2) is 5.82 Å². The van der Waals surface area contributed by atoms with Crippen LogP contribution in [0.2, 0.25) is 5.02 Å². The van der Waals surface area contributed by atoms with E-state index < -0.39 is 0 Å². The Kier molecular flexibility index (Phi) is 5.76. The van der Waals surface area contributed by atoms with Crippen molar-refractivity contribution < 1.29 is 9.53 Å². The number of nitrogens with zero attached hydrogens (tertiary/aromatic N) is 3. The quantitative estimate of drug-likeness (QED) is 0.711. The van der Waals surface area contributed by atoms with E-state index >= 15 is 0 Å². The summed E-state index contributed by atoms with van der Waals surface area (Å²) in [6, 6.07) is 18.3. The zero-order chi connectivity index (χ0) is 18.4. The SMILES string of the molecule is CN(CCOc1cccc(Cl)c1)C(=O)Nc1ccn(-c2ccccc2)n1. The van der Waals surface area contributed by atoms with Gasteiger partial charge in [-0.1, -0.05) is 35.9 Å². The molecular formula is C19H19ClN4O2. The van der Waals surface area contributed by atoms with Crippen LogP contribution >= 0.6 is 11.6 Å². The molecule has 7 heteroatoms. The number of aromatic nitrogens is 2. The van der Waals surface area contributed by atoms with E-state index in [0.29, 0.717) is 29.7 Å². The normalized spacial score (nSPS) is 10.4. The summed E-state index contributed by atoms with van der Waals surface area (Å²) in [4.78, 5) is 13.8. The predicted octanol–water partition coefficient (Wildman–Crippen LogP) is 4.07. The summed E-state index contributed by atoms with van der Waals surface area (Å²) < 4.78 is 7.30. The van der Waals surface area contributed by atoms with Gasteiger partial charge in [0.2, 0.25) is 0 Å². The number of para-hydroxylation sites is 1. The maximum atomic E-state index is 12.2. The van der Waals surface area contributed by atoms with Gasteiger partial charge >= 0.3 is 6.03 Å². The van der Waals surface area contributed by atoms with Crippen molar-refractivity contribution in [1.82, 2.24) is 14.7 Å². The zero-order valence-electron chi connectivity index (χ0n) is 14.3. The summed E-state index contributed by atoms with van der Waals surface area (Å²) in [5, 5.41) is 7.73. The lowest BCUT2D eigenvalue weighted by molar-refractivity contribution is 0.207. The largest absolute Gasteiger partial charge is 0.492 e. The van der Waals surface area contributed by atoms with Gasteiger partial charge in [-0.2, -0.15) is 0 Å². The Morgan fingerprint density at radius 3 is 2.77 bits per heavy atom. The van der Waals surface area contributed by atoms with Gasteiger partial charge in [0.1, 0.15) is 12.4 Å². The average Bonchev–Trinajstić information content (AvgIpc) is 3.11. The first-order chi connectivity index (χ1) is 12.6. The van der Waals surface area contributed by atoms with Crippen LogP contribution in [0.4, 0.5) is 10.6 Å². The summed E-state index contributed by atoms with van der Waals surface area (Å²) in [6.45, 7) is 0.792. The number of carbonyl (C=O) groups excluding carboxylic acids is 1. The minimum absolute atomic E-state index is 0.252. The first-order valence-electron chi connectivity index (χ1n) is 8.13. The van der Waals surface area contributed by atoms with Crippen LogP contribution in [0.15, 0.2) is 66.9 Å². The lowest BCUT2D eigenvalue weighted by atomic mass is 10.3. The number of amides is 2. The Labute approximate surface area is 157 Å². The van der Waals surface area contributed by atoms with Crippen molar-refractivity contribution in [2.45, 2.75) is 0 Å². The molecule has 134 valence electrons. The van der Waals surface area contributed by atoms with Crippen molar-refractivity contribution in [2.75, 3.05) is 25.5 Å². The van der Waals surface area contributed by atoms with Gasteiger partial charge in [0, 0.05) is 24.3 Å². The molecule has 3 rings (SSSR count). The van der Waals surface area contributed by atoms with E-state index in [2.05, 4.69) is 10.4 Å². The molecule has 0 fully saturated rings. The fourth-order valence-corrected chi connectivity index (χ4v) is 2.46. The molecule has 0 saturated heterocycles. The number of hydrogen-bond donors (Lipinski definition) is 1. The highest BCUT2D eigenvalue weighted by atomic mass is 35.5. The summed E-state index contributed by atoms with van der Waals surface area (Å²) in [5.41, 5.74) is 0.927. The van der Waals surface area contributed by atoms with Crippen molar-refractivity contribution in [2.24, 2.45) is 0 Å².